The van der Waals surface area contributed by atoms with Crippen LogP contribution in [0.25, 0.3) is 0 Å². The molecule has 0 saturated carbocycles. The van der Waals surface area contributed by atoms with Crippen molar-refractivity contribution >= 4 is 11.9 Å². The van der Waals surface area contributed by atoms with E-state index >= 15 is 0 Å². The number of amides is 1. The monoisotopic (exact) mass is 259 g/mol. The molecule has 1 aliphatic heterocycles. The van der Waals surface area contributed by atoms with Crippen molar-refractivity contribution in [3.05, 3.63) is 0 Å². The van der Waals surface area contributed by atoms with Crippen LogP contribution in [0, 0.1) is 5.92 Å². The Bertz CT molecular complexity index is 294. The van der Waals surface area contributed by atoms with E-state index in [1.54, 1.807) is 12.0 Å². The normalized spacial score (nSPS) is 21.7. The van der Waals surface area contributed by atoms with E-state index in [0.29, 0.717) is 32.7 Å². The van der Waals surface area contributed by atoms with Gasteiger partial charge in [0.25, 0.3) is 0 Å². The predicted octanol–water partition coefficient (Wildman–Crippen LogP) is 0.361. The zero-order valence-corrected chi connectivity index (χ0v) is 10.9. The van der Waals surface area contributed by atoms with E-state index in [4.69, 9.17) is 14.6 Å². The number of carbonyl (C=O) groups is 2. The highest BCUT2D eigenvalue weighted by atomic mass is 16.5. The largest absolute Gasteiger partial charge is 0.481 e. The number of carboxylic acids is 1. The van der Waals surface area contributed by atoms with E-state index in [-0.39, 0.29) is 18.2 Å². The molecular weight excluding hydrogens is 238 g/mol. The third-order valence-electron chi connectivity index (χ3n) is 2.87. The van der Waals surface area contributed by atoms with E-state index in [1.807, 2.05) is 6.92 Å². The fourth-order valence-electron chi connectivity index (χ4n) is 2.03. The van der Waals surface area contributed by atoms with Crippen LogP contribution in [0.3, 0.4) is 0 Å². The molecule has 1 fully saturated rings. The van der Waals surface area contributed by atoms with Crippen LogP contribution in [0.5, 0.6) is 0 Å². The van der Waals surface area contributed by atoms with Gasteiger partial charge in [-0.15, -0.1) is 0 Å². The molecule has 1 aliphatic rings. The quantitative estimate of drug-likeness (QED) is 0.745. The van der Waals surface area contributed by atoms with Gasteiger partial charge in [-0.25, -0.2) is 0 Å². The first-order chi connectivity index (χ1) is 8.52. The molecule has 1 heterocycles. The first-order valence-corrected chi connectivity index (χ1v) is 6.13. The lowest BCUT2D eigenvalue weighted by Gasteiger charge is -2.33. The Hall–Kier alpha value is -1.14. The summed E-state index contributed by atoms with van der Waals surface area (Å²) in [5.41, 5.74) is 0. The average molecular weight is 259 g/mol. The lowest BCUT2D eigenvalue weighted by molar-refractivity contribution is -0.148. The van der Waals surface area contributed by atoms with Crippen molar-refractivity contribution in [2.24, 2.45) is 5.92 Å². The molecule has 1 amide bonds. The maximum absolute atomic E-state index is 12.0. The fraction of sp³-hybridized carbons (Fsp3) is 0.833. The third-order valence-corrected chi connectivity index (χ3v) is 2.87. The molecule has 104 valence electrons. The highest BCUT2D eigenvalue weighted by Crippen LogP contribution is 2.12. The van der Waals surface area contributed by atoms with Crippen LogP contribution in [-0.2, 0) is 19.1 Å². The molecule has 6 heteroatoms. The average Bonchev–Trinajstić information content (AvgIpc) is 2.28. The number of hydrogen-bond acceptors (Lipinski definition) is 4. The summed E-state index contributed by atoms with van der Waals surface area (Å²) in [6.07, 6.45) is -0.0247. The Labute approximate surface area is 107 Å². The molecule has 0 bridgehead atoms. The van der Waals surface area contributed by atoms with E-state index in [0.717, 1.165) is 0 Å². The van der Waals surface area contributed by atoms with Gasteiger partial charge in [-0.3, -0.25) is 9.59 Å². The van der Waals surface area contributed by atoms with Crippen molar-refractivity contribution in [1.82, 2.24) is 4.90 Å². The van der Waals surface area contributed by atoms with E-state index < -0.39 is 12.1 Å². The molecule has 0 aromatic rings. The summed E-state index contributed by atoms with van der Waals surface area (Å²) in [6.45, 7) is 3.81. The highest BCUT2D eigenvalue weighted by Gasteiger charge is 2.26. The van der Waals surface area contributed by atoms with Gasteiger partial charge in [0.05, 0.1) is 19.1 Å². The second-order valence-corrected chi connectivity index (χ2v) is 4.70. The Balaban J connectivity index is 2.40. The Morgan fingerprint density at radius 2 is 2.28 bits per heavy atom. The summed E-state index contributed by atoms with van der Waals surface area (Å²) >= 11 is 0. The topological polar surface area (TPSA) is 76.1 Å². The molecule has 1 N–H and O–H groups in total. The zero-order chi connectivity index (χ0) is 13.5. The molecule has 0 aromatic heterocycles. The second kappa shape index (κ2) is 7.33. The van der Waals surface area contributed by atoms with Gasteiger partial charge < -0.3 is 19.5 Å². The van der Waals surface area contributed by atoms with Gasteiger partial charge >= 0.3 is 5.97 Å². The minimum atomic E-state index is -0.901. The van der Waals surface area contributed by atoms with Gasteiger partial charge in [0.15, 0.2) is 0 Å². The molecule has 18 heavy (non-hydrogen) atoms. The number of nitrogens with zero attached hydrogens (tertiary/aromatic N) is 1. The van der Waals surface area contributed by atoms with Crippen molar-refractivity contribution in [3.8, 4) is 0 Å². The summed E-state index contributed by atoms with van der Waals surface area (Å²) < 4.78 is 10.3. The van der Waals surface area contributed by atoms with Crippen molar-refractivity contribution in [2.45, 2.75) is 25.9 Å². The number of carboxylic acid groups (broad SMARTS) is 1. The smallest absolute Gasteiger partial charge is 0.306 e. The van der Waals surface area contributed by atoms with Crippen LogP contribution in [0.15, 0.2) is 0 Å². The van der Waals surface area contributed by atoms with Crippen molar-refractivity contribution < 1.29 is 24.2 Å². The number of aliphatic carboxylic acids is 1. The van der Waals surface area contributed by atoms with Crippen molar-refractivity contribution in [1.29, 1.82) is 0 Å². The van der Waals surface area contributed by atoms with Gasteiger partial charge in [-0.2, -0.15) is 0 Å². The van der Waals surface area contributed by atoms with E-state index in [9.17, 15) is 9.59 Å². The molecule has 1 rings (SSSR count). The number of morpholine rings is 1. The van der Waals surface area contributed by atoms with Crippen LogP contribution >= 0.6 is 0 Å². The Morgan fingerprint density at radius 3 is 2.89 bits per heavy atom. The molecule has 6 nitrogen and oxygen atoms in total. The fourth-order valence-corrected chi connectivity index (χ4v) is 2.03. The van der Waals surface area contributed by atoms with Crippen LogP contribution in [0.4, 0.5) is 0 Å². The highest BCUT2D eigenvalue weighted by molar-refractivity contribution is 5.76. The van der Waals surface area contributed by atoms with Gasteiger partial charge in [-0.1, -0.05) is 6.92 Å². The van der Waals surface area contributed by atoms with Crippen molar-refractivity contribution in [2.75, 3.05) is 33.4 Å². The standard InChI is InChI=1S/C12H21NO5/c1-9(8-17-2)5-11(14)13-3-4-18-10(7-13)6-12(15)16/h9-10H,3-8H2,1-2H3,(H,15,16). The maximum atomic E-state index is 12.0. The van der Waals surface area contributed by atoms with Gasteiger partial charge in [0.1, 0.15) is 0 Å². The summed E-state index contributed by atoms with van der Waals surface area (Å²) in [5.74, 6) is -0.691. The maximum Gasteiger partial charge on any atom is 0.306 e. The molecule has 0 aromatic carbocycles. The number of hydrogen-bond donors (Lipinski definition) is 1. The Kier molecular flexibility index (Phi) is 6.07. The van der Waals surface area contributed by atoms with Crippen molar-refractivity contribution in [3.63, 3.8) is 0 Å². The lowest BCUT2D eigenvalue weighted by atomic mass is 10.1. The number of rotatable bonds is 6. The number of ether oxygens (including phenoxy) is 2. The van der Waals surface area contributed by atoms with Gasteiger partial charge in [-0.05, 0) is 5.92 Å². The van der Waals surface area contributed by atoms with E-state index in [1.165, 1.54) is 0 Å². The third kappa shape index (κ3) is 5.01. The SMILES string of the molecule is COCC(C)CC(=O)N1CCOC(CC(=O)O)C1. The van der Waals surface area contributed by atoms with Crippen LogP contribution in [0.1, 0.15) is 19.8 Å². The summed E-state index contributed by atoms with van der Waals surface area (Å²) in [7, 11) is 1.61. The van der Waals surface area contributed by atoms with E-state index in [2.05, 4.69) is 0 Å². The van der Waals surface area contributed by atoms with Gasteiger partial charge in [0.2, 0.25) is 5.91 Å². The van der Waals surface area contributed by atoms with Gasteiger partial charge in [0, 0.05) is 33.2 Å². The lowest BCUT2D eigenvalue weighted by Crippen LogP contribution is -2.46. The molecule has 0 aliphatic carbocycles. The van der Waals surface area contributed by atoms with Crippen LogP contribution < -0.4 is 0 Å². The number of methoxy groups -OCH3 is 1. The first-order valence-electron chi connectivity index (χ1n) is 6.13. The first kappa shape index (κ1) is 14.9. The van der Waals surface area contributed by atoms with Crippen LogP contribution in [-0.4, -0.2) is 61.4 Å². The minimum Gasteiger partial charge on any atom is -0.481 e. The summed E-state index contributed by atoms with van der Waals surface area (Å²) in [5, 5.41) is 8.71. The summed E-state index contributed by atoms with van der Waals surface area (Å²) in [4.78, 5) is 24.3. The molecule has 2 unspecified atom stereocenters. The zero-order valence-electron chi connectivity index (χ0n) is 10.9. The molecule has 2 atom stereocenters. The minimum absolute atomic E-state index is 0.0400. The molecular formula is C12H21NO5. The summed E-state index contributed by atoms with van der Waals surface area (Å²) in [6, 6.07) is 0. The molecule has 1 saturated heterocycles. The van der Waals surface area contributed by atoms with Crippen LogP contribution in [0.2, 0.25) is 0 Å². The Morgan fingerprint density at radius 1 is 1.56 bits per heavy atom. The molecule has 0 spiro atoms. The second-order valence-electron chi connectivity index (χ2n) is 4.70. The number of carbonyl (C=O) groups excluding carboxylic acids is 1. The predicted molar refractivity (Wildman–Crippen MR) is 64.2 cm³/mol. The molecule has 0 radical (unpaired) electrons.